The second-order valence-electron chi connectivity index (χ2n) is 6.03. The molecule has 4 nitrogen and oxygen atoms in total. The fraction of sp³-hybridized carbons (Fsp3) is 0.143. The lowest BCUT2D eigenvalue weighted by Crippen LogP contribution is -2.00. The molecular formula is C21H17F2N3OS2. The van der Waals surface area contributed by atoms with Crippen LogP contribution in [0.1, 0.15) is 12.5 Å². The molecule has 148 valence electrons. The molecule has 4 aromatic rings. The van der Waals surface area contributed by atoms with Gasteiger partial charge in [0.05, 0.1) is 17.2 Å². The van der Waals surface area contributed by atoms with Crippen LogP contribution in [0.5, 0.6) is 5.75 Å². The summed E-state index contributed by atoms with van der Waals surface area (Å²) in [6.07, 6.45) is 0. The first kappa shape index (κ1) is 19.6. The molecule has 2 aromatic heterocycles. The van der Waals surface area contributed by atoms with Crippen LogP contribution in [0.25, 0.3) is 16.4 Å². The van der Waals surface area contributed by atoms with Gasteiger partial charge in [-0.25, -0.2) is 8.78 Å². The number of aromatic nitrogens is 3. The van der Waals surface area contributed by atoms with Crippen molar-refractivity contribution in [2.24, 2.45) is 0 Å². The van der Waals surface area contributed by atoms with E-state index in [0.717, 1.165) is 16.3 Å². The minimum absolute atomic E-state index is 0.0245. The molecule has 29 heavy (non-hydrogen) atoms. The van der Waals surface area contributed by atoms with Crippen LogP contribution in [-0.4, -0.2) is 21.4 Å². The number of halogens is 2. The number of hydrogen-bond acceptors (Lipinski definition) is 5. The standard InChI is InChI=1S/C21H17F2N3OS2/c1-2-27-15-10-8-14(9-11-15)26-20(19-7-4-12-28-19)24-25-21(26)29-13-16-17(22)5-3-6-18(16)23/h3-12H,2,13H2,1H3. The molecule has 0 N–H and O–H groups in total. The maximum Gasteiger partial charge on any atom is 0.196 e. The summed E-state index contributed by atoms with van der Waals surface area (Å²) in [6.45, 7) is 2.51. The number of benzene rings is 2. The van der Waals surface area contributed by atoms with Crippen molar-refractivity contribution >= 4 is 23.1 Å². The fourth-order valence-corrected chi connectivity index (χ4v) is 4.49. The first-order chi connectivity index (χ1) is 14.2. The molecule has 0 bridgehead atoms. The van der Waals surface area contributed by atoms with Crippen molar-refractivity contribution in [2.75, 3.05) is 6.61 Å². The molecule has 0 amide bonds. The van der Waals surface area contributed by atoms with Gasteiger partial charge in [-0.15, -0.1) is 21.5 Å². The molecule has 0 spiro atoms. The van der Waals surface area contributed by atoms with Crippen molar-refractivity contribution in [1.82, 2.24) is 14.8 Å². The van der Waals surface area contributed by atoms with Gasteiger partial charge in [0.25, 0.3) is 0 Å². The van der Waals surface area contributed by atoms with Gasteiger partial charge < -0.3 is 4.74 Å². The SMILES string of the molecule is CCOc1ccc(-n2c(SCc3c(F)cccc3F)nnc2-c2cccs2)cc1. The molecular weight excluding hydrogens is 412 g/mol. The summed E-state index contributed by atoms with van der Waals surface area (Å²) in [5.74, 6) is 0.425. The quantitative estimate of drug-likeness (QED) is 0.340. The van der Waals surface area contributed by atoms with Crippen LogP contribution in [0, 0.1) is 11.6 Å². The summed E-state index contributed by atoms with van der Waals surface area (Å²) >= 11 is 2.79. The highest BCUT2D eigenvalue weighted by Crippen LogP contribution is 2.33. The lowest BCUT2D eigenvalue weighted by atomic mass is 10.2. The molecule has 0 radical (unpaired) electrons. The highest BCUT2D eigenvalue weighted by atomic mass is 32.2. The minimum atomic E-state index is -0.567. The van der Waals surface area contributed by atoms with Gasteiger partial charge in [0.1, 0.15) is 17.4 Å². The van der Waals surface area contributed by atoms with Crippen LogP contribution in [0.4, 0.5) is 8.78 Å². The average molecular weight is 430 g/mol. The highest BCUT2D eigenvalue weighted by molar-refractivity contribution is 7.98. The van der Waals surface area contributed by atoms with E-state index in [1.54, 1.807) is 11.3 Å². The van der Waals surface area contributed by atoms with Crippen LogP contribution in [0.2, 0.25) is 0 Å². The largest absolute Gasteiger partial charge is 0.494 e. The van der Waals surface area contributed by atoms with E-state index < -0.39 is 11.6 Å². The van der Waals surface area contributed by atoms with Crippen LogP contribution in [0.3, 0.4) is 0 Å². The van der Waals surface area contributed by atoms with Gasteiger partial charge in [-0.1, -0.05) is 23.9 Å². The van der Waals surface area contributed by atoms with Gasteiger partial charge in [-0.05, 0) is 54.8 Å². The summed E-state index contributed by atoms with van der Waals surface area (Å²) in [6, 6.07) is 15.4. The van der Waals surface area contributed by atoms with Gasteiger partial charge in [0.2, 0.25) is 0 Å². The maximum absolute atomic E-state index is 14.0. The lowest BCUT2D eigenvalue weighted by Gasteiger charge is -2.11. The van der Waals surface area contributed by atoms with Crippen LogP contribution in [-0.2, 0) is 5.75 Å². The first-order valence-corrected chi connectivity index (χ1v) is 10.8. The van der Waals surface area contributed by atoms with Crippen molar-refractivity contribution in [3.63, 3.8) is 0 Å². The summed E-state index contributed by atoms with van der Waals surface area (Å²) in [4.78, 5) is 0.954. The van der Waals surface area contributed by atoms with E-state index in [1.807, 2.05) is 53.3 Å². The first-order valence-electron chi connectivity index (χ1n) is 8.95. The number of rotatable bonds is 7. The normalized spacial score (nSPS) is 11.0. The van der Waals surface area contributed by atoms with Crippen LogP contribution in [0.15, 0.2) is 65.1 Å². The predicted molar refractivity (Wildman–Crippen MR) is 112 cm³/mol. The van der Waals surface area contributed by atoms with Gasteiger partial charge in [-0.2, -0.15) is 0 Å². The lowest BCUT2D eigenvalue weighted by molar-refractivity contribution is 0.340. The molecule has 0 unspecified atom stereocenters. The van der Waals surface area contributed by atoms with Crippen molar-refractivity contribution in [2.45, 2.75) is 17.8 Å². The van der Waals surface area contributed by atoms with Crippen LogP contribution < -0.4 is 4.74 Å². The summed E-state index contributed by atoms with van der Waals surface area (Å²) in [5.41, 5.74) is 0.870. The number of thiophene rings is 1. The molecule has 0 fully saturated rings. The van der Waals surface area contributed by atoms with Crippen molar-refractivity contribution < 1.29 is 13.5 Å². The Morgan fingerprint density at radius 3 is 2.41 bits per heavy atom. The molecule has 2 heterocycles. The Hall–Kier alpha value is -2.71. The Kier molecular flexibility index (Phi) is 5.92. The zero-order chi connectivity index (χ0) is 20.2. The Morgan fingerprint density at radius 2 is 1.76 bits per heavy atom. The van der Waals surface area contributed by atoms with Gasteiger partial charge in [-0.3, -0.25) is 4.57 Å². The molecule has 8 heteroatoms. The number of nitrogens with zero attached hydrogens (tertiary/aromatic N) is 3. The highest BCUT2D eigenvalue weighted by Gasteiger charge is 2.18. The van der Waals surface area contributed by atoms with E-state index in [-0.39, 0.29) is 11.3 Å². The summed E-state index contributed by atoms with van der Waals surface area (Å²) < 4.78 is 35.4. The third-order valence-electron chi connectivity index (χ3n) is 4.19. The van der Waals surface area contributed by atoms with Crippen LogP contribution >= 0.6 is 23.1 Å². The van der Waals surface area contributed by atoms with Gasteiger partial charge in [0, 0.05) is 11.3 Å². The smallest absolute Gasteiger partial charge is 0.196 e. The Morgan fingerprint density at radius 1 is 1.00 bits per heavy atom. The van der Waals surface area contributed by atoms with Crippen molar-refractivity contribution in [1.29, 1.82) is 0 Å². The molecule has 0 aliphatic rings. The predicted octanol–water partition coefficient (Wildman–Crippen LogP) is 5.97. The zero-order valence-corrected chi connectivity index (χ0v) is 17.1. The van der Waals surface area contributed by atoms with E-state index in [2.05, 4.69) is 10.2 Å². The molecule has 0 saturated heterocycles. The Labute approximate surface area is 175 Å². The fourth-order valence-electron chi connectivity index (χ4n) is 2.83. The molecule has 0 aliphatic heterocycles. The third-order valence-corrected chi connectivity index (χ3v) is 6.01. The Bertz CT molecular complexity index is 1080. The van der Waals surface area contributed by atoms with E-state index in [9.17, 15) is 8.78 Å². The molecule has 0 saturated carbocycles. The summed E-state index contributed by atoms with van der Waals surface area (Å²) in [7, 11) is 0. The number of ether oxygens (including phenoxy) is 1. The van der Waals surface area contributed by atoms with Crippen molar-refractivity contribution in [3.8, 4) is 22.1 Å². The van der Waals surface area contributed by atoms with E-state index >= 15 is 0 Å². The zero-order valence-electron chi connectivity index (χ0n) is 15.5. The van der Waals surface area contributed by atoms with E-state index in [0.29, 0.717) is 17.6 Å². The average Bonchev–Trinajstić information content (AvgIpc) is 3.38. The molecule has 2 aromatic carbocycles. The van der Waals surface area contributed by atoms with E-state index in [4.69, 9.17) is 4.74 Å². The minimum Gasteiger partial charge on any atom is -0.494 e. The second-order valence-corrected chi connectivity index (χ2v) is 7.92. The summed E-state index contributed by atoms with van der Waals surface area (Å²) in [5, 5.41) is 11.1. The monoisotopic (exact) mass is 429 g/mol. The van der Waals surface area contributed by atoms with E-state index in [1.165, 1.54) is 30.0 Å². The second kappa shape index (κ2) is 8.75. The van der Waals surface area contributed by atoms with Gasteiger partial charge in [0.15, 0.2) is 11.0 Å². The third kappa shape index (κ3) is 4.18. The molecule has 0 aliphatic carbocycles. The molecule has 0 atom stereocenters. The van der Waals surface area contributed by atoms with Crippen molar-refractivity contribution in [3.05, 3.63) is 77.2 Å². The number of hydrogen-bond donors (Lipinski definition) is 0. The topological polar surface area (TPSA) is 39.9 Å². The molecule has 4 rings (SSSR count). The van der Waals surface area contributed by atoms with Gasteiger partial charge >= 0.3 is 0 Å². The number of thioether (sulfide) groups is 1. The maximum atomic E-state index is 14.0. The Balaban J connectivity index is 1.70.